The molecule has 8 atom stereocenters. The lowest BCUT2D eigenvalue weighted by molar-refractivity contribution is -0.227. The van der Waals surface area contributed by atoms with Crippen molar-refractivity contribution in [1.29, 1.82) is 0 Å². The van der Waals surface area contributed by atoms with E-state index in [-0.39, 0.29) is 56.6 Å². The summed E-state index contributed by atoms with van der Waals surface area (Å²) < 4.78 is 5.82. The molecule has 220 valence electrons. The number of hydrogen-bond donors (Lipinski definition) is 2. The fraction of sp³-hybridized carbons (Fsp3) is 0.818. The van der Waals surface area contributed by atoms with E-state index >= 15 is 0 Å². The van der Waals surface area contributed by atoms with Gasteiger partial charge in [0, 0.05) is 30.2 Å². The highest BCUT2D eigenvalue weighted by Gasteiger charge is 2.73. The topological polar surface area (TPSA) is 101 Å². The van der Waals surface area contributed by atoms with Gasteiger partial charge in [-0.25, -0.2) is 0 Å². The van der Waals surface area contributed by atoms with E-state index in [2.05, 4.69) is 64.5 Å². The second kappa shape index (κ2) is 8.44. The normalized spacial score (nSPS) is 44.6. The predicted octanol–water partition coefficient (Wildman–Crippen LogP) is 5.92. The van der Waals surface area contributed by atoms with Crippen LogP contribution in [0.25, 0.3) is 0 Å². The van der Waals surface area contributed by atoms with Crippen molar-refractivity contribution >= 4 is 17.6 Å². The molecule has 1 aromatic rings. The molecule has 6 rings (SSSR count). The third-order valence-corrected chi connectivity index (χ3v) is 13.8. The average molecular weight is 552 g/mol. The number of aromatic nitrogens is 1. The van der Waals surface area contributed by atoms with Gasteiger partial charge in [-0.05, 0) is 90.8 Å². The number of hydrogen-bond acceptors (Lipinski definition) is 5. The molecule has 0 aromatic carbocycles. The molecule has 2 unspecified atom stereocenters. The molecule has 0 spiro atoms. The molecule has 2 N–H and O–H groups in total. The molecule has 4 saturated carbocycles. The number of carbonyl (C=O) groups excluding carboxylic acids is 3. The number of Topliss-reactive ketones (excluding diaryl/α,β-unsaturated/α-hetero) is 1. The summed E-state index contributed by atoms with van der Waals surface area (Å²) in [6.45, 7) is 18.0. The van der Waals surface area contributed by atoms with E-state index in [4.69, 9.17) is 4.52 Å². The van der Waals surface area contributed by atoms with Gasteiger partial charge in [0.05, 0.1) is 11.6 Å². The summed E-state index contributed by atoms with van der Waals surface area (Å²) >= 11 is 0. The summed E-state index contributed by atoms with van der Waals surface area (Å²) in [6.07, 6.45) is 9.81. The molecule has 0 aliphatic heterocycles. The monoisotopic (exact) mass is 551 g/mol. The SMILES string of the molecule is CC(=O)NNC(=O)[C@]12CCC(C)(C)CC1C1C(=O)C[C@@H]3[C@@]4(C)Cc5cnoc5C(C)(C)[C@@H]4CC[C@@]3(C)[C@]1(C)CC2. The first kappa shape index (κ1) is 28.0. The number of nitrogens with one attached hydrogen (secondary N) is 2. The first-order valence-electron chi connectivity index (χ1n) is 15.6. The molecule has 1 heterocycles. The van der Waals surface area contributed by atoms with Crippen molar-refractivity contribution < 1.29 is 18.9 Å². The quantitative estimate of drug-likeness (QED) is 0.422. The number of nitrogens with zero attached hydrogens (tertiary/aromatic N) is 1. The third-order valence-electron chi connectivity index (χ3n) is 13.8. The predicted molar refractivity (Wildman–Crippen MR) is 152 cm³/mol. The van der Waals surface area contributed by atoms with Crippen LogP contribution in [0.1, 0.15) is 118 Å². The summed E-state index contributed by atoms with van der Waals surface area (Å²) in [5, 5.41) is 4.21. The van der Waals surface area contributed by atoms with Crippen LogP contribution in [0, 0.1) is 50.7 Å². The lowest BCUT2D eigenvalue weighted by Crippen LogP contribution is -2.70. The van der Waals surface area contributed by atoms with E-state index in [1.165, 1.54) is 12.5 Å². The number of carbonyl (C=O) groups is 3. The number of ketones is 1. The van der Waals surface area contributed by atoms with Crippen molar-refractivity contribution in [3.05, 3.63) is 17.5 Å². The highest BCUT2D eigenvalue weighted by molar-refractivity contribution is 5.89. The number of fused-ring (bicyclic) bond motifs is 8. The van der Waals surface area contributed by atoms with Gasteiger partial charge < -0.3 is 4.52 Å². The molecule has 2 amide bonds. The van der Waals surface area contributed by atoms with Crippen LogP contribution < -0.4 is 10.9 Å². The molecule has 0 saturated heterocycles. The number of hydrazine groups is 1. The number of amides is 2. The Bertz CT molecular complexity index is 1270. The summed E-state index contributed by atoms with van der Waals surface area (Å²) in [5.74, 6) is 1.54. The van der Waals surface area contributed by atoms with Gasteiger partial charge >= 0.3 is 0 Å². The molecule has 0 radical (unpaired) electrons. The minimum atomic E-state index is -0.619. The molecular formula is C33H49N3O4. The maximum atomic E-state index is 14.7. The molecule has 0 bridgehead atoms. The summed E-state index contributed by atoms with van der Waals surface area (Å²) in [7, 11) is 0. The van der Waals surface area contributed by atoms with Gasteiger partial charge in [-0.15, -0.1) is 0 Å². The van der Waals surface area contributed by atoms with Gasteiger partial charge in [0.2, 0.25) is 11.8 Å². The van der Waals surface area contributed by atoms with Crippen molar-refractivity contribution in [2.45, 2.75) is 119 Å². The van der Waals surface area contributed by atoms with Crippen LogP contribution in [0.3, 0.4) is 0 Å². The van der Waals surface area contributed by atoms with E-state index in [0.29, 0.717) is 18.1 Å². The van der Waals surface area contributed by atoms with Crippen LogP contribution in [0.4, 0.5) is 0 Å². The maximum absolute atomic E-state index is 14.7. The van der Waals surface area contributed by atoms with Crippen LogP contribution in [0.5, 0.6) is 0 Å². The smallest absolute Gasteiger partial charge is 0.244 e. The van der Waals surface area contributed by atoms with E-state index < -0.39 is 5.41 Å². The summed E-state index contributed by atoms with van der Waals surface area (Å²) in [6, 6.07) is 0. The standard InChI is InChI=1S/C33H49N3O4/c1-19(37)35-36-27(39)33-13-11-28(2,3)17-21(33)25-22(38)15-24-30(6)16-20-18-34-40-26(20)29(4,5)23(30)9-10-31(24,7)32(25,8)12-14-33/h18,21,23-25H,9-17H2,1-8H3,(H,35,37)(H,36,39)/t21?,23-,24+,25?,30-,31+,32+,33-/m0/s1. The Morgan fingerprint density at radius 2 is 1.62 bits per heavy atom. The van der Waals surface area contributed by atoms with Crippen molar-refractivity contribution in [2.24, 2.45) is 50.7 Å². The van der Waals surface area contributed by atoms with Crippen molar-refractivity contribution in [3.8, 4) is 0 Å². The Balaban J connectivity index is 1.42. The second-order valence-corrected chi connectivity index (χ2v) is 16.5. The van der Waals surface area contributed by atoms with Crippen LogP contribution in [-0.2, 0) is 26.2 Å². The largest absolute Gasteiger partial charge is 0.361 e. The Hall–Kier alpha value is -2.18. The fourth-order valence-electron chi connectivity index (χ4n) is 11.7. The summed E-state index contributed by atoms with van der Waals surface area (Å²) in [5.41, 5.74) is 5.61. The molecule has 40 heavy (non-hydrogen) atoms. The van der Waals surface area contributed by atoms with Crippen molar-refractivity contribution in [1.82, 2.24) is 16.0 Å². The average Bonchev–Trinajstić information content (AvgIpc) is 3.32. The Kier molecular flexibility index (Phi) is 5.90. The van der Waals surface area contributed by atoms with Crippen LogP contribution in [0.15, 0.2) is 10.7 Å². The third kappa shape index (κ3) is 3.47. The molecule has 1 aromatic heterocycles. The van der Waals surface area contributed by atoms with Crippen LogP contribution in [-0.4, -0.2) is 22.8 Å². The summed E-state index contributed by atoms with van der Waals surface area (Å²) in [4.78, 5) is 40.2. The van der Waals surface area contributed by atoms with Crippen molar-refractivity contribution in [3.63, 3.8) is 0 Å². The minimum absolute atomic E-state index is 0.0105. The van der Waals surface area contributed by atoms with Gasteiger partial charge in [0.1, 0.15) is 11.5 Å². The van der Waals surface area contributed by atoms with Gasteiger partial charge in [-0.1, -0.05) is 53.6 Å². The Morgan fingerprint density at radius 3 is 2.33 bits per heavy atom. The van der Waals surface area contributed by atoms with E-state index in [1.54, 1.807) is 0 Å². The fourth-order valence-corrected chi connectivity index (χ4v) is 11.7. The van der Waals surface area contributed by atoms with Gasteiger partial charge in [0.25, 0.3) is 0 Å². The zero-order valence-electron chi connectivity index (χ0n) is 25.8. The maximum Gasteiger partial charge on any atom is 0.244 e. The van der Waals surface area contributed by atoms with Crippen LogP contribution in [0.2, 0.25) is 0 Å². The van der Waals surface area contributed by atoms with Gasteiger partial charge in [-0.2, -0.15) is 0 Å². The van der Waals surface area contributed by atoms with Crippen molar-refractivity contribution in [2.75, 3.05) is 0 Å². The van der Waals surface area contributed by atoms with Gasteiger partial charge in [-0.3, -0.25) is 25.2 Å². The molecule has 4 fully saturated rings. The zero-order chi connectivity index (χ0) is 29.1. The minimum Gasteiger partial charge on any atom is -0.361 e. The first-order chi connectivity index (χ1) is 18.5. The Morgan fingerprint density at radius 1 is 0.925 bits per heavy atom. The first-order valence-corrected chi connectivity index (χ1v) is 15.6. The molecular weight excluding hydrogens is 502 g/mol. The highest BCUT2D eigenvalue weighted by Crippen LogP contribution is 2.76. The van der Waals surface area contributed by atoms with Crippen LogP contribution >= 0.6 is 0 Å². The molecule has 7 heteroatoms. The van der Waals surface area contributed by atoms with E-state index in [0.717, 1.165) is 57.1 Å². The zero-order valence-corrected chi connectivity index (χ0v) is 25.8. The molecule has 5 aliphatic carbocycles. The molecule has 5 aliphatic rings. The van der Waals surface area contributed by atoms with E-state index in [9.17, 15) is 14.4 Å². The lowest BCUT2D eigenvalue weighted by Gasteiger charge is -2.72. The highest BCUT2D eigenvalue weighted by atomic mass is 16.5. The number of rotatable bonds is 1. The Labute approximate surface area is 239 Å². The second-order valence-electron chi connectivity index (χ2n) is 16.5. The van der Waals surface area contributed by atoms with Gasteiger partial charge in [0.15, 0.2) is 0 Å². The molecule has 7 nitrogen and oxygen atoms in total. The lowest BCUT2D eigenvalue weighted by atomic mass is 9.31. The van der Waals surface area contributed by atoms with E-state index in [1.807, 2.05) is 6.20 Å².